The molecule has 6 nitrogen and oxygen atoms in total. The summed E-state index contributed by atoms with van der Waals surface area (Å²) in [6.45, 7) is 2.96. The number of fused-ring (bicyclic) bond motifs is 1. The van der Waals surface area contributed by atoms with E-state index in [1.165, 1.54) is 17.6 Å². The summed E-state index contributed by atoms with van der Waals surface area (Å²) in [6.07, 6.45) is 1.38. The van der Waals surface area contributed by atoms with Gasteiger partial charge in [0.05, 0.1) is 11.4 Å². The van der Waals surface area contributed by atoms with Gasteiger partial charge in [-0.3, -0.25) is 10.0 Å². The average Bonchev–Trinajstić information content (AvgIpc) is 2.53. The van der Waals surface area contributed by atoms with Gasteiger partial charge in [0.15, 0.2) is 0 Å². The van der Waals surface area contributed by atoms with E-state index >= 15 is 0 Å². The van der Waals surface area contributed by atoms with Crippen LogP contribution in [-0.4, -0.2) is 36.9 Å². The van der Waals surface area contributed by atoms with Crippen LogP contribution in [0.4, 0.5) is 0 Å². The molecule has 2 rings (SSSR count). The lowest BCUT2D eigenvalue weighted by Gasteiger charge is -2.19. The van der Waals surface area contributed by atoms with Crippen molar-refractivity contribution in [2.24, 2.45) is 0 Å². The fourth-order valence-corrected chi connectivity index (χ4v) is 3.47. The third-order valence-electron chi connectivity index (χ3n) is 3.14. The van der Waals surface area contributed by atoms with E-state index in [0.717, 1.165) is 15.1 Å². The minimum absolute atomic E-state index is 0.0391. The normalized spacial score (nSPS) is 11.5. The number of hydrogen-bond acceptors (Lipinski definition) is 4. The second-order valence-electron chi connectivity index (χ2n) is 4.63. The Morgan fingerprint density at radius 1 is 1.23 bits per heavy atom. The Bertz CT molecular complexity index is 802. The monoisotopic (exact) mass is 320 g/mol. The Hall–Kier alpha value is -2.22. The molecule has 0 aliphatic heterocycles. The van der Waals surface area contributed by atoms with Crippen molar-refractivity contribution >= 4 is 26.7 Å². The molecule has 0 aromatic heterocycles. The maximum Gasteiger partial charge on any atom is 0.258 e. The number of hydrogen-bond donors (Lipinski definition) is 2. The zero-order valence-corrected chi connectivity index (χ0v) is 12.6. The highest BCUT2D eigenvalue weighted by Gasteiger charge is 2.25. The lowest BCUT2D eigenvalue weighted by atomic mass is 10.1. The molecule has 22 heavy (non-hydrogen) atoms. The molecule has 2 aromatic carbocycles. The summed E-state index contributed by atoms with van der Waals surface area (Å²) in [4.78, 5) is 11.4. The van der Waals surface area contributed by atoms with E-state index in [0.29, 0.717) is 0 Å². The smallest absolute Gasteiger partial charge is 0.258 e. The highest BCUT2D eigenvalue weighted by atomic mass is 32.2. The lowest BCUT2D eigenvalue weighted by molar-refractivity contribution is -0.129. The summed E-state index contributed by atoms with van der Waals surface area (Å²) < 4.78 is 26.2. The molecule has 0 saturated carbocycles. The van der Waals surface area contributed by atoms with Crippen LogP contribution in [0.2, 0.25) is 0 Å². The molecule has 0 aliphatic carbocycles. The molecule has 1 amide bonds. The molecular weight excluding hydrogens is 304 g/mol. The van der Waals surface area contributed by atoms with Gasteiger partial charge < -0.3 is 0 Å². The number of rotatable bonds is 6. The second kappa shape index (κ2) is 6.69. The van der Waals surface area contributed by atoms with Crippen LogP contribution in [0, 0.1) is 0 Å². The standard InChI is InChI=1S/C15H16N2O4S/c1-2-9-17(11-15(18)16-19)22(20,21)14-8-7-12-5-3-4-6-13(12)10-14/h2-8,10,19H,1,9,11H2,(H,16,18). The van der Waals surface area contributed by atoms with Crippen LogP contribution in [0.3, 0.4) is 0 Å². The highest BCUT2D eigenvalue weighted by Crippen LogP contribution is 2.21. The number of sulfonamides is 1. The quantitative estimate of drug-likeness (QED) is 0.480. The fourth-order valence-electron chi connectivity index (χ4n) is 2.06. The number of amides is 1. The van der Waals surface area contributed by atoms with Crippen LogP contribution < -0.4 is 5.48 Å². The Morgan fingerprint density at radius 3 is 2.55 bits per heavy atom. The largest absolute Gasteiger partial charge is 0.289 e. The topological polar surface area (TPSA) is 86.7 Å². The summed E-state index contributed by atoms with van der Waals surface area (Å²) in [5.41, 5.74) is 1.43. The van der Waals surface area contributed by atoms with Gasteiger partial charge in [-0.2, -0.15) is 4.31 Å². The van der Waals surface area contributed by atoms with Crippen molar-refractivity contribution in [3.8, 4) is 0 Å². The predicted octanol–water partition coefficient (Wildman–Crippen LogP) is 1.52. The van der Waals surface area contributed by atoms with E-state index < -0.39 is 22.5 Å². The van der Waals surface area contributed by atoms with Gasteiger partial charge >= 0.3 is 0 Å². The molecule has 0 radical (unpaired) electrons. The molecule has 0 spiro atoms. The van der Waals surface area contributed by atoms with E-state index in [2.05, 4.69) is 6.58 Å². The van der Waals surface area contributed by atoms with Crippen LogP contribution in [0.1, 0.15) is 0 Å². The van der Waals surface area contributed by atoms with Crippen LogP contribution in [0.25, 0.3) is 10.8 Å². The molecule has 0 fully saturated rings. The summed E-state index contributed by atoms with van der Waals surface area (Å²) in [5.74, 6) is -0.814. The zero-order valence-electron chi connectivity index (χ0n) is 11.8. The molecule has 116 valence electrons. The van der Waals surface area contributed by atoms with Crippen molar-refractivity contribution < 1.29 is 18.4 Å². The number of carbonyl (C=O) groups is 1. The number of carbonyl (C=O) groups excluding carboxylic acids is 1. The van der Waals surface area contributed by atoms with Gasteiger partial charge in [0.1, 0.15) is 0 Å². The third-order valence-corrected chi connectivity index (χ3v) is 4.94. The summed E-state index contributed by atoms with van der Waals surface area (Å²) in [6, 6.07) is 12.1. The van der Waals surface area contributed by atoms with E-state index in [9.17, 15) is 13.2 Å². The van der Waals surface area contributed by atoms with Gasteiger partial charge in [0, 0.05) is 6.54 Å². The Kier molecular flexibility index (Phi) is 4.92. The first-order valence-electron chi connectivity index (χ1n) is 6.52. The van der Waals surface area contributed by atoms with Crippen molar-refractivity contribution in [3.63, 3.8) is 0 Å². The molecule has 2 N–H and O–H groups in total. The van der Waals surface area contributed by atoms with Crippen LogP contribution in [0.15, 0.2) is 60.0 Å². The van der Waals surface area contributed by atoms with Crippen LogP contribution >= 0.6 is 0 Å². The molecule has 7 heteroatoms. The number of benzene rings is 2. The highest BCUT2D eigenvalue weighted by molar-refractivity contribution is 7.89. The Labute approximate surface area is 128 Å². The van der Waals surface area contributed by atoms with Gasteiger partial charge in [-0.25, -0.2) is 13.9 Å². The minimum Gasteiger partial charge on any atom is -0.289 e. The van der Waals surface area contributed by atoms with E-state index in [-0.39, 0.29) is 11.4 Å². The van der Waals surface area contributed by atoms with E-state index in [1.807, 2.05) is 24.3 Å². The zero-order chi connectivity index (χ0) is 16.2. The van der Waals surface area contributed by atoms with Crippen LogP contribution in [-0.2, 0) is 14.8 Å². The minimum atomic E-state index is -3.87. The van der Waals surface area contributed by atoms with Gasteiger partial charge in [0.25, 0.3) is 5.91 Å². The van der Waals surface area contributed by atoms with Crippen molar-refractivity contribution in [1.29, 1.82) is 0 Å². The first kappa shape index (κ1) is 16.2. The van der Waals surface area contributed by atoms with E-state index in [4.69, 9.17) is 5.21 Å². The maximum absolute atomic E-state index is 12.6. The molecule has 0 aliphatic rings. The van der Waals surface area contributed by atoms with Crippen molar-refractivity contribution in [1.82, 2.24) is 9.79 Å². The summed E-state index contributed by atoms with van der Waals surface area (Å²) in [5, 5.41) is 10.3. The molecule has 0 saturated heterocycles. The van der Waals surface area contributed by atoms with Crippen molar-refractivity contribution in [2.75, 3.05) is 13.1 Å². The Balaban J connectivity index is 2.43. The SMILES string of the molecule is C=CCN(CC(=O)NO)S(=O)(=O)c1ccc2ccccc2c1. The van der Waals surface area contributed by atoms with Crippen molar-refractivity contribution in [2.45, 2.75) is 4.90 Å². The number of hydroxylamine groups is 1. The maximum atomic E-state index is 12.6. The van der Waals surface area contributed by atoms with Gasteiger partial charge in [-0.05, 0) is 22.9 Å². The summed E-state index contributed by atoms with van der Waals surface area (Å²) in [7, 11) is -3.87. The van der Waals surface area contributed by atoms with Gasteiger partial charge in [0.2, 0.25) is 10.0 Å². The lowest BCUT2D eigenvalue weighted by Crippen LogP contribution is -2.39. The average molecular weight is 320 g/mol. The molecule has 0 heterocycles. The Morgan fingerprint density at radius 2 is 1.91 bits per heavy atom. The van der Waals surface area contributed by atoms with Gasteiger partial charge in [-0.15, -0.1) is 6.58 Å². The van der Waals surface area contributed by atoms with Gasteiger partial charge in [-0.1, -0.05) is 36.4 Å². The molecule has 2 aromatic rings. The first-order chi connectivity index (χ1) is 10.5. The number of nitrogens with zero attached hydrogens (tertiary/aromatic N) is 1. The fraction of sp³-hybridized carbons (Fsp3) is 0.133. The third kappa shape index (κ3) is 3.33. The first-order valence-corrected chi connectivity index (χ1v) is 7.96. The summed E-state index contributed by atoms with van der Waals surface area (Å²) >= 11 is 0. The molecular formula is C15H16N2O4S. The predicted molar refractivity (Wildman–Crippen MR) is 82.8 cm³/mol. The second-order valence-corrected chi connectivity index (χ2v) is 6.57. The molecule has 0 atom stereocenters. The number of nitrogens with one attached hydrogen (secondary N) is 1. The van der Waals surface area contributed by atoms with E-state index in [1.54, 1.807) is 12.1 Å². The molecule has 0 bridgehead atoms. The van der Waals surface area contributed by atoms with Crippen LogP contribution in [0.5, 0.6) is 0 Å². The molecule has 0 unspecified atom stereocenters. The van der Waals surface area contributed by atoms with Crippen molar-refractivity contribution in [3.05, 3.63) is 55.1 Å².